The van der Waals surface area contributed by atoms with Gasteiger partial charge in [0.2, 0.25) is 0 Å². The molecule has 0 bridgehead atoms. The van der Waals surface area contributed by atoms with Crippen LogP contribution in [0.2, 0.25) is 5.02 Å². The minimum absolute atomic E-state index is 0.0682. The number of nitriles is 1. The zero-order chi connectivity index (χ0) is 12.1. The van der Waals surface area contributed by atoms with Gasteiger partial charge in [0, 0.05) is 6.54 Å². The molecule has 0 heterocycles. The number of amides is 1. The van der Waals surface area contributed by atoms with Crippen molar-refractivity contribution < 1.29 is 9.18 Å². The number of carbonyl (C=O) groups is 1. The Balaban J connectivity index is 3.05. The SMILES string of the molecule is CCN(CC#N)C(=O)c1cccc(Cl)c1F. The summed E-state index contributed by atoms with van der Waals surface area (Å²) in [6, 6.07) is 6.07. The molecule has 0 N–H and O–H groups in total. The van der Waals surface area contributed by atoms with E-state index in [-0.39, 0.29) is 17.1 Å². The summed E-state index contributed by atoms with van der Waals surface area (Å²) in [5.41, 5.74) is -0.107. The molecule has 0 spiro atoms. The van der Waals surface area contributed by atoms with Crippen LogP contribution in [-0.2, 0) is 0 Å². The molecule has 0 saturated heterocycles. The van der Waals surface area contributed by atoms with Gasteiger partial charge in [-0.1, -0.05) is 17.7 Å². The molecule has 3 nitrogen and oxygen atoms in total. The first-order valence-corrected chi connectivity index (χ1v) is 5.09. The fourth-order valence-electron chi connectivity index (χ4n) is 1.25. The van der Waals surface area contributed by atoms with Gasteiger partial charge in [0.25, 0.3) is 5.91 Å². The van der Waals surface area contributed by atoms with Crippen molar-refractivity contribution in [2.45, 2.75) is 6.92 Å². The molecule has 0 aliphatic rings. The summed E-state index contributed by atoms with van der Waals surface area (Å²) in [6.45, 7) is 2.00. The van der Waals surface area contributed by atoms with Crippen LogP contribution in [0.1, 0.15) is 17.3 Å². The van der Waals surface area contributed by atoms with Crippen molar-refractivity contribution in [1.29, 1.82) is 5.26 Å². The van der Waals surface area contributed by atoms with Gasteiger partial charge in [-0.25, -0.2) is 4.39 Å². The lowest BCUT2D eigenvalue weighted by atomic mass is 10.2. The van der Waals surface area contributed by atoms with Crippen molar-refractivity contribution in [3.05, 3.63) is 34.6 Å². The molecular weight excluding hydrogens is 231 g/mol. The predicted octanol–water partition coefficient (Wildman–Crippen LogP) is 2.46. The summed E-state index contributed by atoms with van der Waals surface area (Å²) in [5.74, 6) is -1.27. The van der Waals surface area contributed by atoms with Gasteiger partial charge in [-0.2, -0.15) is 5.26 Å². The fourth-order valence-corrected chi connectivity index (χ4v) is 1.43. The summed E-state index contributed by atoms with van der Waals surface area (Å²) < 4.78 is 13.5. The summed E-state index contributed by atoms with van der Waals surface area (Å²) in [7, 11) is 0. The Bertz CT molecular complexity index is 442. The Morgan fingerprint density at radius 2 is 2.31 bits per heavy atom. The second kappa shape index (κ2) is 5.47. The molecule has 1 amide bonds. The first-order valence-electron chi connectivity index (χ1n) is 4.72. The van der Waals surface area contributed by atoms with Gasteiger partial charge in [-0.15, -0.1) is 0 Å². The van der Waals surface area contributed by atoms with Crippen LogP contribution in [0.25, 0.3) is 0 Å². The Hall–Kier alpha value is -1.60. The van der Waals surface area contributed by atoms with E-state index in [1.54, 1.807) is 6.92 Å². The summed E-state index contributed by atoms with van der Waals surface area (Å²) in [4.78, 5) is 13.1. The van der Waals surface area contributed by atoms with E-state index in [1.165, 1.54) is 23.1 Å². The van der Waals surface area contributed by atoms with E-state index in [4.69, 9.17) is 16.9 Å². The van der Waals surface area contributed by atoms with Gasteiger partial charge < -0.3 is 4.90 Å². The maximum Gasteiger partial charge on any atom is 0.257 e. The van der Waals surface area contributed by atoms with Crippen molar-refractivity contribution in [1.82, 2.24) is 4.90 Å². The molecule has 1 aromatic carbocycles. The summed E-state index contributed by atoms with van der Waals surface area (Å²) >= 11 is 5.57. The predicted molar refractivity (Wildman–Crippen MR) is 58.6 cm³/mol. The summed E-state index contributed by atoms with van der Waals surface area (Å²) in [6.07, 6.45) is 0. The molecule has 0 fully saturated rings. The molecule has 0 atom stereocenters. The Labute approximate surface area is 98.0 Å². The summed E-state index contributed by atoms with van der Waals surface area (Å²) in [5, 5.41) is 8.43. The van der Waals surface area contributed by atoms with Crippen LogP contribution in [0.3, 0.4) is 0 Å². The molecular formula is C11H10ClFN2O. The van der Waals surface area contributed by atoms with E-state index in [1.807, 2.05) is 6.07 Å². The largest absolute Gasteiger partial charge is 0.326 e. The molecule has 0 aromatic heterocycles. The zero-order valence-corrected chi connectivity index (χ0v) is 9.46. The third kappa shape index (κ3) is 2.50. The topological polar surface area (TPSA) is 44.1 Å². The highest BCUT2D eigenvalue weighted by Crippen LogP contribution is 2.19. The van der Waals surface area contributed by atoms with E-state index < -0.39 is 11.7 Å². The van der Waals surface area contributed by atoms with Crippen LogP contribution in [0.4, 0.5) is 4.39 Å². The zero-order valence-electron chi connectivity index (χ0n) is 8.70. The number of hydrogen-bond acceptors (Lipinski definition) is 2. The highest BCUT2D eigenvalue weighted by atomic mass is 35.5. The van der Waals surface area contributed by atoms with Crippen LogP contribution in [-0.4, -0.2) is 23.9 Å². The molecule has 1 aromatic rings. The molecule has 1 rings (SSSR count). The Kier molecular flexibility index (Phi) is 4.27. The number of halogens is 2. The van der Waals surface area contributed by atoms with Crippen molar-refractivity contribution in [3.63, 3.8) is 0 Å². The molecule has 0 radical (unpaired) electrons. The van der Waals surface area contributed by atoms with Crippen molar-refractivity contribution in [2.75, 3.05) is 13.1 Å². The van der Waals surface area contributed by atoms with Crippen LogP contribution >= 0.6 is 11.6 Å². The second-order valence-corrected chi connectivity index (χ2v) is 3.49. The normalized spacial score (nSPS) is 9.62. The van der Waals surface area contributed by atoms with Gasteiger partial charge >= 0.3 is 0 Å². The first-order chi connectivity index (χ1) is 7.61. The maximum atomic E-state index is 13.5. The maximum absolute atomic E-state index is 13.5. The van der Waals surface area contributed by atoms with Crippen LogP contribution in [0.15, 0.2) is 18.2 Å². The molecule has 84 valence electrons. The van der Waals surface area contributed by atoms with Gasteiger partial charge in [-0.05, 0) is 19.1 Å². The molecule has 16 heavy (non-hydrogen) atoms. The van der Waals surface area contributed by atoms with Gasteiger partial charge in [0.1, 0.15) is 6.54 Å². The van der Waals surface area contributed by atoms with Crippen LogP contribution < -0.4 is 0 Å². The molecule has 0 aliphatic carbocycles. The highest BCUT2D eigenvalue weighted by Gasteiger charge is 2.18. The Morgan fingerprint density at radius 3 is 2.88 bits per heavy atom. The lowest BCUT2D eigenvalue weighted by molar-refractivity contribution is 0.0779. The van der Waals surface area contributed by atoms with E-state index in [0.29, 0.717) is 6.54 Å². The standard InChI is InChI=1S/C11H10ClFN2O/c1-2-15(7-6-14)11(16)8-4-3-5-9(12)10(8)13/h3-5H,2,7H2,1H3. The first kappa shape index (κ1) is 12.5. The lowest BCUT2D eigenvalue weighted by Crippen LogP contribution is -2.31. The number of benzene rings is 1. The van der Waals surface area contributed by atoms with E-state index in [0.717, 1.165) is 0 Å². The minimum atomic E-state index is -0.745. The van der Waals surface area contributed by atoms with E-state index >= 15 is 0 Å². The number of hydrogen-bond donors (Lipinski definition) is 0. The lowest BCUT2D eigenvalue weighted by Gasteiger charge is -2.17. The fraction of sp³-hybridized carbons (Fsp3) is 0.273. The Morgan fingerprint density at radius 1 is 1.62 bits per heavy atom. The van der Waals surface area contributed by atoms with Gasteiger partial charge in [0.15, 0.2) is 5.82 Å². The van der Waals surface area contributed by atoms with Crippen molar-refractivity contribution >= 4 is 17.5 Å². The molecule has 0 aliphatic heterocycles. The average molecular weight is 241 g/mol. The number of nitrogens with zero attached hydrogens (tertiary/aromatic N) is 2. The quantitative estimate of drug-likeness (QED) is 0.762. The highest BCUT2D eigenvalue weighted by molar-refractivity contribution is 6.31. The molecule has 0 saturated carbocycles. The van der Waals surface area contributed by atoms with Crippen LogP contribution in [0.5, 0.6) is 0 Å². The monoisotopic (exact) mass is 240 g/mol. The number of carbonyl (C=O) groups excluding carboxylic acids is 1. The molecule has 0 unspecified atom stereocenters. The number of rotatable bonds is 3. The average Bonchev–Trinajstić information content (AvgIpc) is 2.29. The van der Waals surface area contributed by atoms with Crippen molar-refractivity contribution in [3.8, 4) is 6.07 Å². The third-order valence-corrected chi connectivity index (χ3v) is 2.40. The minimum Gasteiger partial charge on any atom is -0.326 e. The third-order valence-electron chi connectivity index (χ3n) is 2.11. The van der Waals surface area contributed by atoms with Gasteiger partial charge in [0.05, 0.1) is 16.7 Å². The van der Waals surface area contributed by atoms with E-state index in [2.05, 4.69) is 0 Å². The van der Waals surface area contributed by atoms with Gasteiger partial charge in [-0.3, -0.25) is 4.79 Å². The van der Waals surface area contributed by atoms with Crippen LogP contribution in [0, 0.1) is 17.1 Å². The molecule has 5 heteroatoms. The smallest absolute Gasteiger partial charge is 0.257 e. The van der Waals surface area contributed by atoms with E-state index in [9.17, 15) is 9.18 Å². The second-order valence-electron chi connectivity index (χ2n) is 3.08. The van der Waals surface area contributed by atoms with Crippen molar-refractivity contribution in [2.24, 2.45) is 0 Å².